The molecule has 0 saturated heterocycles. The summed E-state index contributed by atoms with van der Waals surface area (Å²) >= 11 is 0. The zero-order valence-electron chi connectivity index (χ0n) is 20.4. The van der Waals surface area contributed by atoms with Crippen LogP contribution in [0.25, 0.3) is 0 Å². The maximum atomic E-state index is 12.9. The van der Waals surface area contributed by atoms with Crippen LogP contribution in [0.15, 0.2) is 5.18 Å². The van der Waals surface area contributed by atoms with E-state index >= 15 is 0 Å². The average molecular weight is 488 g/mol. The van der Waals surface area contributed by atoms with Gasteiger partial charge in [0.05, 0.1) is 13.1 Å². The highest BCUT2D eigenvalue weighted by molar-refractivity contribution is 5.93. The van der Waals surface area contributed by atoms with E-state index in [1.807, 2.05) is 13.8 Å². The molecule has 0 unspecified atom stereocenters. The number of carboxylic acids is 1. The van der Waals surface area contributed by atoms with Crippen molar-refractivity contribution in [2.45, 2.75) is 78.0 Å². The van der Waals surface area contributed by atoms with Crippen molar-refractivity contribution in [2.24, 2.45) is 11.1 Å². The Morgan fingerprint density at radius 3 is 2.09 bits per heavy atom. The molecule has 0 fully saturated rings. The molecule has 0 aromatic rings. The summed E-state index contributed by atoms with van der Waals surface area (Å²) in [6.45, 7) is 7.76. The van der Waals surface area contributed by atoms with Gasteiger partial charge in [-0.05, 0) is 52.4 Å². The molecule has 13 heteroatoms. The monoisotopic (exact) mass is 487 g/mol. The summed E-state index contributed by atoms with van der Waals surface area (Å²) in [7, 11) is 0. The molecule has 0 aromatic carbocycles. The van der Waals surface area contributed by atoms with Crippen molar-refractivity contribution >= 4 is 29.8 Å². The van der Waals surface area contributed by atoms with Gasteiger partial charge in [0.25, 0.3) is 0 Å². The first-order chi connectivity index (χ1) is 15.7. The smallest absolute Gasteiger partial charge is 0.408 e. The molecule has 5 N–H and O–H groups in total. The lowest BCUT2D eigenvalue weighted by Crippen LogP contribution is -2.55. The van der Waals surface area contributed by atoms with Crippen LogP contribution in [0.5, 0.6) is 0 Å². The van der Waals surface area contributed by atoms with Crippen molar-refractivity contribution in [3.63, 3.8) is 0 Å². The van der Waals surface area contributed by atoms with Gasteiger partial charge in [-0.15, -0.1) is 0 Å². The molecule has 2 atom stereocenters. The Kier molecular flexibility index (Phi) is 14.1. The molecule has 194 valence electrons. The molecule has 0 aromatic heterocycles. The van der Waals surface area contributed by atoms with Gasteiger partial charge in [0.2, 0.25) is 17.7 Å². The number of nitroso groups, excluding NO2 is 1. The summed E-state index contributed by atoms with van der Waals surface area (Å²) in [5.74, 6) is -3.19. The molecule has 13 nitrogen and oxygen atoms in total. The molecule has 4 amide bonds. The van der Waals surface area contributed by atoms with Gasteiger partial charge in [-0.2, -0.15) is 4.91 Å². The molecule has 0 rings (SSSR count). The highest BCUT2D eigenvalue weighted by atomic mass is 16.6. The normalized spacial score (nSPS) is 12.8. The van der Waals surface area contributed by atoms with E-state index in [0.717, 1.165) is 0 Å². The van der Waals surface area contributed by atoms with Crippen molar-refractivity contribution in [1.29, 1.82) is 0 Å². The summed E-state index contributed by atoms with van der Waals surface area (Å²) in [5, 5.41) is 20.9. The van der Waals surface area contributed by atoms with Gasteiger partial charge in [-0.1, -0.05) is 19.0 Å². The van der Waals surface area contributed by atoms with E-state index in [2.05, 4.69) is 26.4 Å². The number of unbranched alkanes of at least 4 members (excludes halogenated alkanes) is 1. The Bertz CT molecular complexity index is 720. The third-order valence-corrected chi connectivity index (χ3v) is 4.20. The molecule has 0 saturated carbocycles. The van der Waals surface area contributed by atoms with Crippen molar-refractivity contribution in [3.8, 4) is 0 Å². The van der Waals surface area contributed by atoms with Gasteiger partial charge in [-0.3, -0.25) is 19.2 Å². The summed E-state index contributed by atoms with van der Waals surface area (Å²) in [5.41, 5.74) is -0.765. The van der Waals surface area contributed by atoms with E-state index in [0.29, 0.717) is 12.8 Å². The number of aliphatic carboxylic acids is 1. The van der Waals surface area contributed by atoms with Crippen LogP contribution < -0.4 is 21.3 Å². The average Bonchev–Trinajstić information content (AvgIpc) is 2.70. The molecule has 0 aliphatic heterocycles. The van der Waals surface area contributed by atoms with E-state index in [-0.39, 0.29) is 25.3 Å². The molecule has 0 radical (unpaired) electrons. The second kappa shape index (κ2) is 15.6. The Morgan fingerprint density at radius 2 is 1.56 bits per heavy atom. The van der Waals surface area contributed by atoms with Gasteiger partial charge in [-0.25, -0.2) is 4.79 Å². The summed E-state index contributed by atoms with van der Waals surface area (Å²) in [4.78, 5) is 70.2. The zero-order chi connectivity index (χ0) is 26.3. The van der Waals surface area contributed by atoms with E-state index < -0.39 is 60.6 Å². The SMILES string of the molecule is CC(C)C[C@H](NC(=O)OC(C)(C)C)C(=O)N[C@H](CCCCN=O)C(=O)NCC(=O)NCC(=O)O. The van der Waals surface area contributed by atoms with Crippen LogP contribution >= 0.6 is 0 Å². The molecular weight excluding hydrogens is 450 g/mol. The number of ether oxygens (including phenoxy) is 1. The fourth-order valence-electron chi connectivity index (χ4n) is 2.75. The standard InChI is InChI=1S/C21H37N5O8/c1-13(2)10-15(26-20(32)34-21(3,4)5)19(31)25-14(8-6-7-9-24-33)18(30)23-11-16(27)22-12-17(28)29/h13-15H,6-12H2,1-5H3,(H,22,27)(H,23,30)(H,25,31)(H,26,32)(H,28,29)/t14-,15+/m1/s1. The van der Waals surface area contributed by atoms with Crippen LogP contribution in [0.4, 0.5) is 4.79 Å². The van der Waals surface area contributed by atoms with Crippen LogP contribution in [0, 0.1) is 10.8 Å². The van der Waals surface area contributed by atoms with Gasteiger partial charge in [0.1, 0.15) is 24.2 Å². The van der Waals surface area contributed by atoms with Gasteiger partial charge in [0, 0.05) is 0 Å². The van der Waals surface area contributed by atoms with Crippen molar-refractivity contribution < 1.29 is 33.8 Å². The molecule has 0 heterocycles. The van der Waals surface area contributed by atoms with Gasteiger partial charge < -0.3 is 31.1 Å². The number of rotatable bonds is 15. The number of nitrogens with one attached hydrogen (secondary N) is 4. The van der Waals surface area contributed by atoms with Crippen LogP contribution in [0.1, 0.15) is 60.3 Å². The minimum absolute atomic E-state index is 0.0366. The van der Waals surface area contributed by atoms with Gasteiger partial charge >= 0.3 is 12.1 Å². The lowest BCUT2D eigenvalue weighted by Gasteiger charge is -2.26. The minimum Gasteiger partial charge on any atom is -0.480 e. The number of nitrogens with zero attached hydrogens (tertiary/aromatic N) is 1. The number of alkyl carbamates (subject to hydrolysis) is 1. The molecule has 0 spiro atoms. The predicted octanol–water partition coefficient (Wildman–Crippen LogP) is 0.664. The van der Waals surface area contributed by atoms with Crippen LogP contribution in [0.2, 0.25) is 0 Å². The Labute approximate surface area is 199 Å². The number of carbonyl (C=O) groups is 5. The second-order valence-electron chi connectivity index (χ2n) is 9.13. The minimum atomic E-state index is -1.23. The first kappa shape index (κ1) is 30.8. The molecule has 0 bridgehead atoms. The first-order valence-electron chi connectivity index (χ1n) is 11.1. The highest BCUT2D eigenvalue weighted by Crippen LogP contribution is 2.11. The van der Waals surface area contributed by atoms with Crippen LogP contribution in [-0.2, 0) is 23.9 Å². The van der Waals surface area contributed by atoms with Crippen molar-refractivity contribution in [2.75, 3.05) is 19.6 Å². The molecule has 0 aliphatic carbocycles. The third-order valence-electron chi connectivity index (χ3n) is 4.20. The number of carboxylic acid groups (broad SMARTS) is 1. The topological polar surface area (TPSA) is 192 Å². The van der Waals surface area contributed by atoms with E-state index in [4.69, 9.17) is 9.84 Å². The summed E-state index contributed by atoms with van der Waals surface area (Å²) in [6, 6.07) is -2.03. The van der Waals surface area contributed by atoms with E-state index in [1.165, 1.54) is 0 Å². The summed E-state index contributed by atoms with van der Waals surface area (Å²) in [6.07, 6.45) is 0.454. The second-order valence-corrected chi connectivity index (χ2v) is 9.13. The Balaban J connectivity index is 5.25. The number of amides is 4. The van der Waals surface area contributed by atoms with E-state index in [9.17, 15) is 28.9 Å². The molecular formula is C21H37N5O8. The zero-order valence-corrected chi connectivity index (χ0v) is 20.4. The lowest BCUT2D eigenvalue weighted by molar-refractivity contribution is -0.138. The predicted molar refractivity (Wildman–Crippen MR) is 123 cm³/mol. The Morgan fingerprint density at radius 1 is 0.912 bits per heavy atom. The van der Waals surface area contributed by atoms with Gasteiger partial charge in [0.15, 0.2) is 0 Å². The Hall–Kier alpha value is -3.25. The lowest BCUT2D eigenvalue weighted by atomic mass is 10.0. The molecule has 0 aliphatic rings. The van der Waals surface area contributed by atoms with Crippen molar-refractivity contribution in [3.05, 3.63) is 4.91 Å². The molecule has 34 heavy (non-hydrogen) atoms. The maximum Gasteiger partial charge on any atom is 0.408 e. The van der Waals surface area contributed by atoms with E-state index in [1.54, 1.807) is 20.8 Å². The third kappa shape index (κ3) is 15.5. The first-order valence-corrected chi connectivity index (χ1v) is 11.1. The number of carbonyl (C=O) groups excluding carboxylic acids is 4. The fourth-order valence-corrected chi connectivity index (χ4v) is 2.75. The maximum absolute atomic E-state index is 12.9. The number of hydrogen-bond acceptors (Lipinski definition) is 8. The fraction of sp³-hybridized carbons (Fsp3) is 0.762. The van der Waals surface area contributed by atoms with Crippen molar-refractivity contribution in [1.82, 2.24) is 21.3 Å². The quantitative estimate of drug-likeness (QED) is 0.164. The number of hydrogen-bond donors (Lipinski definition) is 5. The summed E-state index contributed by atoms with van der Waals surface area (Å²) < 4.78 is 5.21. The van der Waals surface area contributed by atoms with Crippen LogP contribution in [-0.4, -0.2) is 72.2 Å². The van der Waals surface area contributed by atoms with Crippen LogP contribution in [0.3, 0.4) is 0 Å². The highest BCUT2D eigenvalue weighted by Gasteiger charge is 2.29. The largest absolute Gasteiger partial charge is 0.480 e.